The summed E-state index contributed by atoms with van der Waals surface area (Å²) in [6.07, 6.45) is -0.432. The first-order chi connectivity index (χ1) is 18.2. The average molecular weight is 532 g/mol. The minimum atomic E-state index is -1.18. The van der Waals surface area contributed by atoms with Crippen LogP contribution in [-0.2, 0) is 24.2 Å². The molecule has 0 heterocycles. The van der Waals surface area contributed by atoms with E-state index < -0.39 is 59.3 Å². The molecular weight excluding hydrogens is 502 g/mol. The van der Waals surface area contributed by atoms with Gasteiger partial charge in [-0.15, -0.1) is 0 Å². The smallest absolute Gasteiger partial charge is 0.257 e. The topological polar surface area (TPSA) is 90.5 Å². The Labute approximate surface area is 218 Å². The van der Waals surface area contributed by atoms with Crippen LogP contribution >= 0.6 is 0 Å². The molecule has 2 amide bonds. The second-order valence-corrected chi connectivity index (χ2v) is 8.81. The number of carbonyl (C=O) groups is 2. The van der Waals surface area contributed by atoms with Gasteiger partial charge in [0.1, 0.15) is 28.8 Å². The molecule has 2 atom stereocenters. The molecule has 10 heteroatoms. The van der Waals surface area contributed by atoms with Crippen LogP contribution in [0.15, 0.2) is 60.7 Å². The highest BCUT2D eigenvalue weighted by atomic mass is 19.1. The molecule has 4 N–H and O–H groups in total. The van der Waals surface area contributed by atoms with Crippen molar-refractivity contribution in [1.29, 1.82) is 0 Å². The second kappa shape index (κ2) is 13.7. The van der Waals surface area contributed by atoms with Gasteiger partial charge in [0.15, 0.2) is 0 Å². The molecule has 3 aromatic carbocycles. The quantitative estimate of drug-likeness (QED) is 0.270. The monoisotopic (exact) mass is 531 g/mol. The molecule has 38 heavy (non-hydrogen) atoms. The summed E-state index contributed by atoms with van der Waals surface area (Å²) >= 11 is 0. The van der Waals surface area contributed by atoms with Crippen LogP contribution in [0.2, 0.25) is 0 Å². The van der Waals surface area contributed by atoms with Gasteiger partial charge in [0.25, 0.3) is 5.91 Å². The third-order valence-corrected chi connectivity index (χ3v) is 5.87. The summed E-state index contributed by atoms with van der Waals surface area (Å²) in [5.41, 5.74) is 1.51. The second-order valence-electron chi connectivity index (χ2n) is 8.81. The molecule has 0 fully saturated rings. The van der Waals surface area contributed by atoms with Gasteiger partial charge in [-0.3, -0.25) is 9.59 Å². The van der Waals surface area contributed by atoms with Crippen molar-refractivity contribution in [2.45, 2.75) is 38.5 Å². The Kier molecular flexibility index (Phi) is 10.4. The fourth-order valence-corrected chi connectivity index (χ4v) is 3.95. The Morgan fingerprint density at radius 3 is 2.16 bits per heavy atom. The number of aliphatic hydroxyl groups is 1. The minimum Gasteiger partial charge on any atom is -0.390 e. The van der Waals surface area contributed by atoms with Gasteiger partial charge < -0.3 is 21.1 Å². The lowest BCUT2D eigenvalue weighted by Gasteiger charge is -2.25. The average Bonchev–Trinajstić information content (AvgIpc) is 2.86. The predicted molar refractivity (Wildman–Crippen MR) is 134 cm³/mol. The number of rotatable bonds is 12. The highest BCUT2D eigenvalue weighted by molar-refractivity contribution is 5.96. The van der Waals surface area contributed by atoms with Crippen LogP contribution in [0, 0.1) is 23.3 Å². The van der Waals surface area contributed by atoms with Gasteiger partial charge in [-0.1, -0.05) is 37.3 Å². The molecule has 0 unspecified atom stereocenters. The van der Waals surface area contributed by atoms with Crippen LogP contribution in [0.25, 0.3) is 0 Å². The highest BCUT2D eigenvalue weighted by Crippen LogP contribution is 2.13. The first-order valence-electron chi connectivity index (χ1n) is 12.1. The summed E-state index contributed by atoms with van der Waals surface area (Å²) in [7, 11) is 0. The number of nitrogens with one attached hydrogen (secondary N) is 3. The Hall–Kier alpha value is -3.76. The Morgan fingerprint density at radius 2 is 1.50 bits per heavy atom. The van der Waals surface area contributed by atoms with E-state index in [4.69, 9.17) is 0 Å². The van der Waals surface area contributed by atoms with Crippen molar-refractivity contribution in [3.8, 4) is 0 Å². The molecule has 3 rings (SSSR count). The summed E-state index contributed by atoms with van der Waals surface area (Å²) in [6, 6.07) is 12.7. The van der Waals surface area contributed by atoms with Gasteiger partial charge >= 0.3 is 0 Å². The van der Waals surface area contributed by atoms with E-state index in [2.05, 4.69) is 16.0 Å². The van der Waals surface area contributed by atoms with Gasteiger partial charge in [0, 0.05) is 19.2 Å². The van der Waals surface area contributed by atoms with Gasteiger partial charge in [0.05, 0.1) is 18.7 Å². The minimum absolute atomic E-state index is 0.0336. The largest absolute Gasteiger partial charge is 0.390 e. The number of halogens is 4. The number of carbonyl (C=O) groups excluding carboxylic acids is 2. The molecule has 0 radical (unpaired) electrons. The number of aliphatic hydroxyl groups excluding tert-OH is 1. The van der Waals surface area contributed by atoms with Crippen LogP contribution in [0.1, 0.15) is 34.0 Å². The van der Waals surface area contributed by atoms with E-state index in [1.807, 2.05) is 31.2 Å². The molecule has 0 spiro atoms. The van der Waals surface area contributed by atoms with Crippen molar-refractivity contribution in [3.63, 3.8) is 0 Å². The molecule has 0 saturated heterocycles. The fraction of sp³-hybridized carbons (Fsp3) is 0.286. The summed E-state index contributed by atoms with van der Waals surface area (Å²) in [4.78, 5) is 24.7. The summed E-state index contributed by atoms with van der Waals surface area (Å²) in [5, 5.41) is 18.6. The standard InChI is InChI=1S/C28H29F4N3O3/c1-2-17-5-3-6-18(9-17)14-33-15-25(36)24(12-19-10-20(29)13-21(30)11-19)35-26(37)16-34-28(38)27-22(31)7-4-8-23(27)32/h3-11,13,24-25,33,36H,2,12,14-16H2,1H3,(H,34,38)(H,35,37)/t24-,25+/m1/s1. The first-order valence-corrected chi connectivity index (χ1v) is 12.1. The summed E-state index contributed by atoms with van der Waals surface area (Å²) in [6.45, 7) is 1.86. The first kappa shape index (κ1) is 28.8. The van der Waals surface area contributed by atoms with Crippen LogP contribution < -0.4 is 16.0 Å². The summed E-state index contributed by atoms with van der Waals surface area (Å²) in [5.74, 6) is -5.69. The van der Waals surface area contributed by atoms with Gasteiger partial charge in [-0.2, -0.15) is 0 Å². The third kappa shape index (κ3) is 8.39. The van der Waals surface area contributed by atoms with Gasteiger partial charge in [0.2, 0.25) is 5.91 Å². The van der Waals surface area contributed by atoms with E-state index in [1.54, 1.807) is 0 Å². The van der Waals surface area contributed by atoms with Crippen molar-refractivity contribution in [1.82, 2.24) is 16.0 Å². The van der Waals surface area contributed by atoms with Gasteiger partial charge in [-0.05, 0) is 53.8 Å². The lowest BCUT2D eigenvalue weighted by atomic mass is 10.0. The van der Waals surface area contributed by atoms with E-state index in [0.717, 1.165) is 47.9 Å². The molecule has 6 nitrogen and oxygen atoms in total. The van der Waals surface area contributed by atoms with Crippen molar-refractivity contribution < 1.29 is 32.3 Å². The van der Waals surface area contributed by atoms with Crippen LogP contribution in [0.3, 0.4) is 0 Å². The molecule has 0 aliphatic carbocycles. The van der Waals surface area contributed by atoms with E-state index in [9.17, 15) is 32.3 Å². The number of hydrogen-bond acceptors (Lipinski definition) is 4. The van der Waals surface area contributed by atoms with Gasteiger partial charge in [-0.25, -0.2) is 17.6 Å². The van der Waals surface area contributed by atoms with Crippen LogP contribution in [0.5, 0.6) is 0 Å². The zero-order valence-corrected chi connectivity index (χ0v) is 20.7. The number of amides is 2. The maximum atomic E-state index is 13.8. The Balaban J connectivity index is 1.65. The Bertz CT molecular complexity index is 1230. The van der Waals surface area contributed by atoms with Crippen molar-refractivity contribution in [3.05, 3.63) is 106 Å². The number of benzene rings is 3. The molecular formula is C28H29F4N3O3. The fourth-order valence-electron chi connectivity index (χ4n) is 3.95. The number of hydrogen-bond donors (Lipinski definition) is 4. The SMILES string of the molecule is CCc1cccc(CNC[C@H](O)[C@@H](Cc2cc(F)cc(F)c2)NC(=O)CNC(=O)c2c(F)cccc2F)c1. The van der Waals surface area contributed by atoms with Crippen molar-refractivity contribution in [2.24, 2.45) is 0 Å². The van der Waals surface area contributed by atoms with Crippen molar-refractivity contribution >= 4 is 11.8 Å². The van der Waals surface area contributed by atoms with E-state index in [-0.39, 0.29) is 18.5 Å². The molecule has 0 aliphatic heterocycles. The van der Waals surface area contributed by atoms with E-state index >= 15 is 0 Å². The zero-order valence-electron chi connectivity index (χ0n) is 20.7. The maximum Gasteiger partial charge on any atom is 0.257 e. The molecule has 3 aromatic rings. The lowest BCUT2D eigenvalue weighted by Crippen LogP contribution is -2.51. The highest BCUT2D eigenvalue weighted by Gasteiger charge is 2.23. The van der Waals surface area contributed by atoms with Crippen molar-refractivity contribution in [2.75, 3.05) is 13.1 Å². The molecule has 202 valence electrons. The maximum absolute atomic E-state index is 13.8. The lowest BCUT2D eigenvalue weighted by molar-refractivity contribution is -0.121. The normalized spacial score (nSPS) is 12.6. The molecule has 0 aliphatic rings. The summed E-state index contributed by atoms with van der Waals surface area (Å²) < 4.78 is 55.1. The number of aryl methyl sites for hydroxylation is 1. The van der Waals surface area contributed by atoms with E-state index in [0.29, 0.717) is 12.6 Å². The molecule has 0 bridgehead atoms. The Morgan fingerprint density at radius 1 is 0.868 bits per heavy atom. The predicted octanol–water partition coefficient (Wildman–Crippen LogP) is 3.41. The third-order valence-electron chi connectivity index (χ3n) is 5.87. The molecule has 0 saturated carbocycles. The van der Waals surface area contributed by atoms with Crippen LogP contribution in [0.4, 0.5) is 17.6 Å². The molecule has 0 aromatic heterocycles. The van der Waals surface area contributed by atoms with E-state index in [1.165, 1.54) is 0 Å². The zero-order chi connectivity index (χ0) is 27.7. The van der Waals surface area contributed by atoms with Crippen LogP contribution in [-0.4, -0.2) is 42.2 Å².